The molecule has 4 nitrogen and oxygen atoms in total. The largest absolute Gasteiger partial charge is 0.271 e. The van der Waals surface area contributed by atoms with Crippen molar-refractivity contribution >= 4 is 0 Å². The number of nitrogens with zero attached hydrogens (tertiary/aromatic N) is 2. The Hall–Kier alpha value is -1.00. The Labute approximate surface area is 84.9 Å². The van der Waals surface area contributed by atoms with Crippen LogP contribution in [-0.4, -0.2) is 9.97 Å². The monoisotopic (exact) mass is 194 g/mol. The molecule has 0 bridgehead atoms. The fourth-order valence-electron chi connectivity index (χ4n) is 1.26. The minimum Gasteiger partial charge on any atom is -0.271 e. The second-order valence-electron chi connectivity index (χ2n) is 4.58. The first-order valence-electron chi connectivity index (χ1n) is 4.70. The van der Waals surface area contributed by atoms with Gasteiger partial charge in [0.25, 0.3) is 0 Å². The molecule has 1 aromatic rings. The molecule has 0 amide bonds. The van der Waals surface area contributed by atoms with Crippen LogP contribution in [0.3, 0.4) is 0 Å². The molecule has 4 heteroatoms. The summed E-state index contributed by atoms with van der Waals surface area (Å²) in [5.74, 6) is 6.24. The number of hydrogen-bond donors (Lipinski definition) is 2. The lowest BCUT2D eigenvalue weighted by molar-refractivity contribution is 0.264. The van der Waals surface area contributed by atoms with Crippen LogP contribution in [0.15, 0.2) is 12.4 Å². The molecule has 3 N–H and O–H groups in total. The van der Waals surface area contributed by atoms with E-state index >= 15 is 0 Å². The van der Waals surface area contributed by atoms with Gasteiger partial charge in [0, 0.05) is 12.4 Å². The third kappa shape index (κ3) is 2.49. The van der Waals surface area contributed by atoms with Crippen molar-refractivity contribution in [1.29, 1.82) is 0 Å². The molecule has 0 aromatic carbocycles. The van der Waals surface area contributed by atoms with E-state index in [1.165, 1.54) is 0 Å². The first kappa shape index (κ1) is 11.1. The van der Waals surface area contributed by atoms with Crippen LogP contribution in [-0.2, 0) is 0 Å². The van der Waals surface area contributed by atoms with Crippen molar-refractivity contribution in [2.45, 2.75) is 33.7 Å². The maximum Gasteiger partial charge on any atom is 0.146 e. The van der Waals surface area contributed by atoms with Gasteiger partial charge in [-0.15, -0.1) is 0 Å². The Morgan fingerprint density at radius 3 is 2.14 bits per heavy atom. The van der Waals surface area contributed by atoms with Gasteiger partial charge >= 0.3 is 0 Å². The van der Waals surface area contributed by atoms with Crippen molar-refractivity contribution in [2.24, 2.45) is 11.3 Å². The smallest absolute Gasteiger partial charge is 0.146 e. The third-order valence-electron chi connectivity index (χ3n) is 2.09. The van der Waals surface area contributed by atoms with Crippen LogP contribution in [0.1, 0.15) is 38.2 Å². The van der Waals surface area contributed by atoms with Crippen LogP contribution < -0.4 is 11.3 Å². The van der Waals surface area contributed by atoms with E-state index in [0.717, 1.165) is 11.4 Å². The molecule has 0 aliphatic carbocycles. The first-order valence-corrected chi connectivity index (χ1v) is 4.70. The number of aromatic nitrogens is 2. The zero-order valence-electron chi connectivity index (χ0n) is 9.20. The number of hydrazine groups is 1. The number of rotatable bonds is 2. The SMILES string of the molecule is Cc1cnc(C(NN)C(C)(C)C)nc1. The van der Waals surface area contributed by atoms with E-state index in [0.29, 0.717) is 0 Å². The molecule has 0 aliphatic rings. The van der Waals surface area contributed by atoms with Crippen LogP contribution in [0.5, 0.6) is 0 Å². The molecular formula is C10H18N4. The van der Waals surface area contributed by atoms with Crippen molar-refractivity contribution in [3.8, 4) is 0 Å². The summed E-state index contributed by atoms with van der Waals surface area (Å²) in [7, 11) is 0. The number of hydrogen-bond acceptors (Lipinski definition) is 4. The van der Waals surface area contributed by atoms with Gasteiger partial charge in [0.2, 0.25) is 0 Å². The van der Waals surface area contributed by atoms with E-state index in [4.69, 9.17) is 5.84 Å². The molecule has 0 radical (unpaired) electrons. The fourth-order valence-corrected chi connectivity index (χ4v) is 1.26. The van der Waals surface area contributed by atoms with Gasteiger partial charge in [0.05, 0.1) is 6.04 Å². The number of nitrogens with one attached hydrogen (secondary N) is 1. The number of aryl methyl sites for hydroxylation is 1. The van der Waals surface area contributed by atoms with Gasteiger partial charge in [0.15, 0.2) is 0 Å². The van der Waals surface area contributed by atoms with E-state index in [1.54, 1.807) is 12.4 Å². The Kier molecular flexibility index (Phi) is 3.18. The van der Waals surface area contributed by atoms with Gasteiger partial charge in [-0.1, -0.05) is 20.8 Å². The van der Waals surface area contributed by atoms with E-state index in [2.05, 4.69) is 36.2 Å². The van der Waals surface area contributed by atoms with E-state index in [9.17, 15) is 0 Å². The lowest BCUT2D eigenvalue weighted by Crippen LogP contribution is -2.38. The molecule has 0 saturated heterocycles. The minimum absolute atomic E-state index is 0.00398. The van der Waals surface area contributed by atoms with Crippen molar-refractivity contribution in [2.75, 3.05) is 0 Å². The standard InChI is InChI=1S/C10H18N4/c1-7-5-12-9(13-6-7)8(14-11)10(2,3)4/h5-6,8,14H,11H2,1-4H3. The summed E-state index contributed by atoms with van der Waals surface area (Å²) in [4.78, 5) is 8.52. The van der Waals surface area contributed by atoms with Gasteiger partial charge in [0.1, 0.15) is 5.82 Å². The normalized spacial score (nSPS) is 14.1. The first-order chi connectivity index (χ1) is 6.45. The topological polar surface area (TPSA) is 63.8 Å². The predicted octanol–water partition coefficient (Wildman–Crippen LogP) is 1.34. The molecule has 1 heterocycles. The Bertz CT molecular complexity index is 286. The van der Waals surface area contributed by atoms with Gasteiger partial charge in [-0.05, 0) is 17.9 Å². The number of nitrogens with two attached hydrogens (primary N) is 1. The quantitative estimate of drug-likeness (QED) is 0.551. The van der Waals surface area contributed by atoms with Crippen molar-refractivity contribution in [1.82, 2.24) is 15.4 Å². The second kappa shape index (κ2) is 4.02. The van der Waals surface area contributed by atoms with Crippen LogP contribution in [0.2, 0.25) is 0 Å². The molecule has 1 atom stereocenters. The molecule has 0 saturated carbocycles. The highest BCUT2D eigenvalue weighted by Crippen LogP contribution is 2.29. The maximum atomic E-state index is 5.50. The van der Waals surface area contributed by atoms with E-state index in [-0.39, 0.29) is 11.5 Å². The molecule has 14 heavy (non-hydrogen) atoms. The predicted molar refractivity (Wildman–Crippen MR) is 56.3 cm³/mol. The molecule has 1 unspecified atom stereocenters. The molecule has 1 aromatic heterocycles. The minimum atomic E-state index is -0.0249. The van der Waals surface area contributed by atoms with Crippen LogP contribution in [0.4, 0.5) is 0 Å². The molecule has 0 aliphatic heterocycles. The zero-order chi connectivity index (χ0) is 10.8. The second-order valence-corrected chi connectivity index (χ2v) is 4.58. The van der Waals surface area contributed by atoms with Gasteiger partial charge in [-0.2, -0.15) is 0 Å². The molecule has 78 valence electrons. The Morgan fingerprint density at radius 2 is 1.79 bits per heavy atom. The summed E-state index contributed by atoms with van der Waals surface area (Å²) >= 11 is 0. The zero-order valence-corrected chi connectivity index (χ0v) is 9.20. The summed E-state index contributed by atoms with van der Waals surface area (Å²) in [6.07, 6.45) is 3.61. The maximum absolute atomic E-state index is 5.50. The molecule has 0 spiro atoms. The summed E-state index contributed by atoms with van der Waals surface area (Å²) in [6, 6.07) is -0.0249. The van der Waals surface area contributed by atoms with Crippen LogP contribution >= 0.6 is 0 Å². The molecule has 0 fully saturated rings. The molecule has 1 rings (SSSR count). The summed E-state index contributed by atoms with van der Waals surface area (Å²) in [5, 5.41) is 0. The summed E-state index contributed by atoms with van der Waals surface area (Å²) in [6.45, 7) is 8.26. The summed E-state index contributed by atoms with van der Waals surface area (Å²) < 4.78 is 0. The van der Waals surface area contributed by atoms with Crippen molar-refractivity contribution in [3.05, 3.63) is 23.8 Å². The van der Waals surface area contributed by atoms with Crippen molar-refractivity contribution in [3.63, 3.8) is 0 Å². The average molecular weight is 194 g/mol. The van der Waals surface area contributed by atoms with Crippen LogP contribution in [0, 0.1) is 12.3 Å². The third-order valence-corrected chi connectivity index (χ3v) is 2.09. The van der Waals surface area contributed by atoms with Crippen LogP contribution in [0.25, 0.3) is 0 Å². The van der Waals surface area contributed by atoms with E-state index < -0.39 is 0 Å². The van der Waals surface area contributed by atoms with Gasteiger partial charge < -0.3 is 0 Å². The van der Waals surface area contributed by atoms with Gasteiger partial charge in [-0.25, -0.2) is 15.4 Å². The molecular weight excluding hydrogens is 176 g/mol. The Balaban J connectivity index is 2.96. The van der Waals surface area contributed by atoms with Crippen molar-refractivity contribution < 1.29 is 0 Å². The van der Waals surface area contributed by atoms with E-state index in [1.807, 2.05) is 6.92 Å². The lowest BCUT2D eigenvalue weighted by atomic mass is 9.86. The highest BCUT2D eigenvalue weighted by molar-refractivity contribution is 5.06. The lowest BCUT2D eigenvalue weighted by Gasteiger charge is -2.28. The highest BCUT2D eigenvalue weighted by atomic mass is 15.3. The summed E-state index contributed by atoms with van der Waals surface area (Å²) in [5.41, 5.74) is 3.81. The Morgan fingerprint density at radius 1 is 1.29 bits per heavy atom. The average Bonchev–Trinajstić information content (AvgIpc) is 2.07. The fraction of sp³-hybridized carbons (Fsp3) is 0.600. The van der Waals surface area contributed by atoms with Gasteiger partial charge in [-0.3, -0.25) is 5.84 Å². The highest BCUT2D eigenvalue weighted by Gasteiger charge is 2.27.